The third-order valence-corrected chi connectivity index (χ3v) is 4.66. The molecule has 2 aromatic carbocycles. The van der Waals surface area contributed by atoms with E-state index in [0.29, 0.717) is 35.5 Å². The summed E-state index contributed by atoms with van der Waals surface area (Å²) in [4.78, 5) is 10.9. The second kappa shape index (κ2) is 7.58. The Kier molecular flexibility index (Phi) is 5.94. The quantitative estimate of drug-likeness (QED) is 0.520. The second-order valence-electron chi connectivity index (χ2n) is 6.32. The number of carbonyl (C=O) groups is 1. The predicted octanol–water partition coefficient (Wildman–Crippen LogP) is 5.60. The molecule has 0 unspecified atom stereocenters. The van der Waals surface area contributed by atoms with Crippen molar-refractivity contribution in [3.63, 3.8) is 0 Å². The third kappa shape index (κ3) is 3.65. The molecular weight excluding hydrogens is 386 g/mol. The van der Waals surface area contributed by atoms with E-state index in [4.69, 9.17) is 0 Å². The summed E-state index contributed by atoms with van der Waals surface area (Å²) in [5.41, 5.74) is -3.81. The lowest BCUT2D eigenvalue weighted by atomic mass is 9.86. The van der Waals surface area contributed by atoms with Crippen molar-refractivity contribution in [3.8, 4) is 11.1 Å². The molecule has 1 N–H and O–H groups in total. The Labute approximate surface area is 157 Å². The van der Waals surface area contributed by atoms with Gasteiger partial charge in [0.25, 0.3) is 5.60 Å². The van der Waals surface area contributed by atoms with Crippen LogP contribution in [0.4, 0.5) is 26.3 Å². The number of hydrogen-bond acceptors (Lipinski definition) is 2. The van der Waals surface area contributed by atoms with Gasteiger partial charge in [0.05, 0.1) is 0 Å². The number of halogens is 6. The van der Waals surface area contributed by atoms with Gasteiger partial charge in [-0.05, 0) is 41.2 Å². The Hall–Kier alpha value is -2.35. The minimum Gasteiger partial charge on any atom is -0.369 e. The van der Waals surface area contributed by atoms with Gasteiger partial charge in [-0.25, -0.2) is 0 Å². The monoisotopic (exact) mass is 404 g/mol. The highest BCUT2D eigenvalue weighted by atomic mass is 19.4. The van der Waals surface area contributed by atoms with Crippen molar-refractivity contribution in [1.29, 1.82) is 0 Å². The molecule has 0 spiro atoms. The zero-order chi connectivity index (χ0) is 21.3. The van der Waals surface area contributed by atoms with E-state index in [2.05, 4.69) is 0 Å². The number of carbonyl (C=O) groups excluding carboxylic acids is 1. The number of alkyl halides is 6. The molecule has 0 aliphatic heterocycles. The van der Waals surface area contributed by atoms with E-state index >= 15 is 0 Å². The van der Waals surface area contributed by atoms with Gasteiger partial charge in [0.15, 0.2) is 0 Å². The number of hydrogen-bond donors (Lipinski definition) is 1. The van der Waals surface area contributed by atoms with Gasteiger partial charge in [0, 0.05) is 11.1 Å². The summed E-state index contributed by atoms with van der Waals surface area (Å²) >= 11 is 0. The van der Waals surface area contributed by atoms with Crippen LogP contribution in [0.25, 0.3) is 11.1 Å². The van der Waals surface area contributed by atoms with Crippen molar-refractivity contribution in [2.45, 2.75) is 44.6 Å². The molecule has 0 amide bonds. The molecular formula is C20H18F6O2. The Morgan fingerprint density at radius 3 is 1.71 bits per heavy atom. The molecule has 0 radical (unpaired) electrons. The summed E-state index contributed by atoms with van der Waals surface area (Å²) in [6.07, 6.45) is -10.6. The summed E-state index contributed by atoms with van der Waals surface area (Å²) in [6.45, 7) is 3.41. The lowest BCUT2D eigenvalue weighted by Crippen LogP contribution is -2.53. The first-order valence-electron chi connectivity index (χ1n) is 8.48. The van der Waals surface area contributed by atoms with E-state index in [1.807, 2.05) is 6.92 Å². The van der Waals surface area contributed by atoms with E-state index < -0.39 is 23.5 Å². The minimum absolute atomic E-state index is 0.146. The number of aryl methyl sites for hydroxylation is 2. The van der Waals surface area contributed by atoms with E-state index in [9.17, 15) is 36.2 Å². The first-order chi connectivity index (χ1) is 12.9. The zero-order valence-electron chi connectivity index (χ0n) is 15.1. The van der Waals surface area contributed by atoms with Crippen LogP contribution in [0.5, 0.6) is 0 Å². The molecule has 0 bridgehead atoms. The fourth-order valence-electron chi connectivity index (χ4n) is 3.10. The van der Waals surface area contributed by atoms with E-state index in [1.54, 1.807) is 19.1 Å². The molecule has 0 aliphatic carbocycles. The molecule has 0 atom stereocenters. The first-order valence-corrected chi connectivity index (χ1v) is 8.48. The van der Waals surface area contributed by atoms with Crippen LogP contribution in [0, 0.1) is 0 Å². The molecule has 152 valence electrons. The molecule has 2 aromatic rings. The number of benzene rings is 2. The van der Waals surface area contributed by atoms with Crippen LogP contribution in [0.15, 0.2) is 36.4 Å². The Balaban J connectivity index is 2.70. The molecule has 8 heteroatoms. The average molecular weight is 404 g/mol. The number of aldehydes is 1. The molecule has 2 rings (SSSR count). The highest BCUT2D eigenvalue weighted by Crippen LogP contribution is 2.50. The molecule has 28 heavy (non-hydrogen) atoms. The van der Waals surface area contributed by atoms with Crippen molar-refractivity contribution in [3.05, 3.63) is 58.7 Å². The molecule has 0 fully saturated rings. The van der Waals surface area contributed by atoms with Gasteiger partial charge < -0.3 is 5.11 Å². The lowest BCUT2D eigenvalue weighted by molar-refractivity contribution is -0.376. The maximum absolute atomic E-state index is 13.1. The Morgan fingerprint density at radius 1 is 0.821 bits per heavy atom. The normalized spacial score (nSPS) is 12.9. The van der Waals surface area contributed by atoms with Gasteiger partial charge >= 0.3 is 12.4 Å². The van der Waals surface area contributed by atoms with Crippen molar-refractivity contribution in [2.24, 2.45) is 0 Å². The predicted molar refractivity (Wildman–Crippen MR) is 92.0 cm³/mol. The van der Waals surface area contributed by atoms with Crippen molar-refractivity contribution in [1.82, 2.24) is 0 Å². The largest absolute Gasteiger partial charge is 0.430 e. The van der Waals surface area contributed by atoms with Gasteiger partial charge in [0.1, 0.15) is 6.29 Å². The molecule has 0 aromatic heterocycles. The van der Waals surface area contributed by atoms with Crippen molar-refractivity contribution < 1.29 is 36.2 Å². The van der Waals surface area contributed by atoms with Crippen LogP contribution in [0.1, 0.15) is 40.9 Å². The maximum atomic E-state index is 13.1. The van der Waals surface area contributed by atoms with Crippen LogP contribution in [-0.2, 0) is 18.4 Å². The summed E-state index contributed by atoms with van der Waals surface area (Å²) < 4.78 is 78.9. The summed E-state index contributed by atoms with van der Waals surface area (Å²) in [7, 11) is 0. The molecule has 0 heterocycles. The minimum atomic E-state index is -5.93. The topological polar surface area (TPSA) is 37.3 Å². The molecule has 0 saturated heterocycles. The average Bonchev–Trinajstić information content (AvgIpc) is 2.64. The van der Waals surface area contributed by atoms with Crippen LogP contribution in [-0.4, -0.2) is 23.7 Å². The fraction of sp³-hybridized carbons (Fsp3) is 0.350. The zero-order valence-corrected chi connectivity index (χ0v) is 15.1. The lowest BCUT2D eigenvalue weighted by Gasteiger charge is -2.33. The highest BCUT2D eigenvalue weighted by Gasteiger charge is 2.71. The molecule has 0 aliphatic rings. The third-order valence-electron chi connectivity index (χ3n) is 4.66. The second-order valence-corrected chi connectivity index (χ2v) is 6.32. The Morgan fingerprint density at radius 2 is 1.29 bits per heavy atom. The maximum Gasteiger partial charge on any atom is 0.430 e. The van der Waals surface area contributed by atoms with Gasteiger partial charge in [0.2, 0.25) is 0 Å². The van der Waals surface area contributed by atoms with Gasteiger partial charge in [-0.2, -0.15) is 26.3 Å². The summed E-state index contributed by atoms with van der Waals surface area (Å²) in [6, 6.07) is 7.28. The van der Waals surface area contributed by atoms with E-state index in [0.717, 1.165) is 17.7 Å². The molecule has 0 saturated carbocycles. The summed E-state index contributed by atoms with van der Waals surface area (Å²) in [5.74, 6) is 0. The van der Waals surface area contributed by atoms with E-state index in [-0.39, 0.29) is 12.0 Å². The highest BCUT2D eigenvalue weighted by molar-refractivity contribution is 5.79. The van der Waals surface area contributed by atoms with Gasteiger partial charge in [-0.3, -0.25) is 4.79 Å². The van der Waals surface area contributed by atoms with Crippen LogP contribution in [0.3, 0.4) is 0 Å². The van der Waals surface area contributed by atoms with Crippen molar-refractivity contribution >= 4 is 6.29 Å². The van der Waals surface area contributed by atoms with Crippen LogP contribution in [0.2, 0.25) is 0 Å². The first kappa shape index (κ1) is 21.9. The van der Waals surface area contributed by atoms with Crippen molar-refractivity contribution in [2.75, 3.05) is 0 Å². The fourth-order valence-corrected chi connectivity index (χ4v) is 3.10. The number of aliphatic hydroxyl groups is 1. The summed E-state index contributed by atoms with van der Waals surface area (Å²) in [5, 5.41) is 9.62. The van der Waals surface area contributed by atoms with Gasteiger partial charge in [-0.1, -0.05) is 44.2 Å². The SMILES string of the molecule is CCc1cc(C=O)ccc1-c1ccc(C(O)(C(F)(F)F)C(F)(F)F)cc1CC. The standard InChI is InChI=1S/C20H18F6O2/c1-3-13-9-12(11-27)5-7-16(13)17-8-6-15(10-14(17)4-2)18(28,19(21,22)23)20(24,25)26/h5-11,28H,3-4H2,1-2H3. The van der Waals surface area contributed by atoms with Gasteiger partial charge in [-0.15, -0.1) is 0 Å². The smallest absolute Gasteiger partial charge is 0.369 e. The molecule has 2 nitrogen and oxygen atoms in total. The van der Waals surface area contributed by atoms with E-state index in [1.165, 1.54) is 6.07 Å². The van der Waals surface area contributed by atoms with Crippen LogP contribution >= 0.6 is 0 Å². The number of rotatable bonds is 5. The Bertz CT molecular complexity index is 854. The van der Waals surface area contributed by atoms with Crippen LogP contribution < -0.4 is 0 Å².